The molecule has 2 heterocycles. The van der Waals surface area contributed by atoms with Crippen molar-refractivity contribution in [2.24, 2.45) is 10.8 Å². The average Bonchev–Trinajstić information content (AvgIpc) is 2.68. The maximum atomic E-state index is 5.45. The van der Waals surface area contributed by atoms with E-state index in [1.54, 1.807) is 7.11 Å². The molecule has 2 aliphatic rings. The molecule has 1 saturated heterocycles. The second-order valence-electron chi connectivity index (χ2n) is 8.01. The quantitative estimate of drug-likeness (QED) is 0.833. The van der Waals surface area contributed by atoms with Crippen LogP contribution in [0.1, 0.15) is 38.8 Å². The Hall–Kier alpha value is -1.64. The summed E-state index contributed by atoms with van der Waals surface area (Å²) in [6.45, 7) is 14.4. The number of hydrogen-bond acceptors (Lipinski definition) is 2. The highest BCUT2D eigenvalue weighted by molar-refractivity contribution is 6.74. The fourth-order valence-electron chi connectivity index (χ4n) is 3.85. The first-order valence-electron chi connectivity index (χ1n) is 8.09. The van der Waals surface area contributed by atoms with E-state index in [9.17, 15) is 0 Å². The molecule has 3 heteroatoms. The first kappa shape index (κ1) is 15.3. The molecule has 3 rings (SSSR count). The zero-order chi connectivity index (χ0) is 16.1. The molecule has 1 aromatic rings. The number of benzene rings is 1. The Morgan fingerprint density at radius 2 is 1.73 bits per heavy atom. The van der Waals surface area contributed by atoms with Crippen molar-refractivity contribution < 1.29 is 4.74 Å². The Morgan fingerprint density at radius 3 is 2.32 bits per heavy atom. The SMILES string of the molecule is C=C1NC=C(OC)c2ccc(B3CC(C)(C)C(C)(C)C3)cc21. The van der Waals surface area contributed by atoms with Gasteiger partial charge in [-0.1, -0.05) is 70.6 Å². The van der Waals surface area contributed by atoms with Gasteiger partial charge in [-0.3, -0.25) is 0 Å². The fourth-order valence-corrected chi connectivity index (χ4v) is 3.85. The Labute approximate surface area is 134 Å². The lowest BCUT2D eigenvalue weighted by molar-refractivity contribution is 0.177. The molecule has 0 spiro atoms. The molecule has 0 amide bonds. The zero-order valence-electron chi connectivity index (χ0n) is 14.4. The lowest BCUT2D eigenvalue weighted by Gasteiger charge is -2.35. The van der Waals surface area contributed by atoms with Crippen molar-refractivity contribution in [3.63, 3.8) is 0 Å². The lowest BCUT2D eigenvalue weighted by Crippen LogP contribution is -2.29. The summed E-state index contributed by atoms with van der Waals surface area (Å²) in [5.41, 5.74) is 5.43. The minimum atomic E-state index is 0.375. The van der Waals surface area contributed by atoms with Crippen LogP contribution in [0.25, 0.3) is 11.5 Å². The smallest absolute Gasteiger partial charge is 0.177 e. The first-order valence-corrected chi connectivity index (χ1v) is 8.09. The predicted octanol–water partition coefficient (Wildman–Crippen LogP) is 3.97. The third-order valence-electron chi connectivity index (χ3n) is 6.05. The van der Waals surface area contributed by atoms with E-state index in [1.165, 1.54) is 23.7 Å². The number of rotatable bonds is 2. The number of fused-ring (bicyclic) bond motifs is 1. The van der Waals surface area contributed by atoms with Crippen LogP contribution in [0, 0.1) is 10.8 Å². The summed E-state index contributed by atoms with van der Waals surface area (Å²) < 4.78 is 5.45. The number of nitrogens with one attached hydrogen (secondary N) is 1. The Balaban J connectivity index is 1.97. The molecule has 0 bridgehead atoms. The van der Waals surface area contributed by atoms with E-state index in [-0.39, 0.29) is 0 Å². The molecule has 22 heavy (non-hydrogen) atoms. The number of methoxy groups -OCH3 is 1. The Bertz CT molecular complexity index is 641. The molecule has 0 saturated carbocycles. The van der Waals surface area contributed by atoms with Crippen LogP contribution >= 0.6 is 0 Å². The third-order valence-corrected chi connectivity index (χ3v) is 6.05. The summed E-state index contributed by atoms with van der Waals surface area (Å²) in [6.07, 6.45) is 4.36. The minimum Gasteiger partial charge on any atom is -0.495 e. The molecule has 1 aromatic carbocycles. The topological polar surface area (TPSA) is 21.3 Å². The number of hydrogen-bond donors (Lipinski definition) is 1. The average molecular weight is 295 g/mol. The van der Waals surface area contributed by atoms with Gasteiger partial charge in [-0.05, 0) is 10.8 Å². The summed E-state index contributed by atoms with van der Waals surface area (Å²) in [5, 5.41) is 3.21. The van der Waals surface area contributed by atoms with Crippen LogP contribution in [0.15, 0.2) is 31.0 Å². The highest BCUT2D eigenvalue weighted by Crippen LogP contribution is 2.52. The van der Waals surface area contributed by atoms with Crippen molar-refractivity contribution in [3.8, 4) is 0 Å². The van der Waals surface area contributed by atoms with Crippen molar-refractivity contribution in [2.45, 2.75) is 40.3 Å². The van der Waals surface area contributed by atoms with Gasteiger partial charge in [0.15, 0.2) is 6.71 Å². The molecule has 2 aliphatic heterocycles. The van der Waals surface area contributed by atoms with Crippen LogP contribution in [-0.4, -0.2) is 13.8 Å². The highest BCUT2D eigenvalue weighted by Gasteiger charge is 2.48. The van der Waals surface area contributed by atoms with E-state index < -0.39 is 0 Å². The molecule has 0 unspecified atom stereocenters. The van der Waals surface area contributed by atoms with Crippen LogP contribution in [0.2, 0.25) is 12.6 Å². The maximum Gasteiger partial charge on any atom is 0.177 e. The van der Waals surface area contributed by atoms with Gasteiger partial charge in [0.25, 0.3) is 0 Å². The van der Waals surface area contributed by atoms with Gasteiger partial charge in [-0.2, -0.15) is 0 Å². The number of ether oxygens (including phenoxy) is 1. The molecular formula is C19H26BNO. The predicted molar refractivity (Wildman–Crippen MR) is 96.2 cm³/mol. The summed E-state index contributed by atoms with van der Waals surface area (Å²) in [4.78, 5) is 0. The second-order valence-corrected chi connectivity index (χ2v) is 8.01. The van der Waals surface area contributed by atoms with Gasteiger partial charge in [0, 0.05) is 23.0 Å². The minimum absolute atomic E-state index is 0.375. The van der Waals surface area contributed by atoms with Crippen molar-refractivity contribution >= 4 is 23.6 Å². The molecule has 1 fully saturated rings. The van der Waals surface area contributed by atoms with Crippen molar-refractivity contribution in [2.75, 3.05) is 7.11 Å². The van der Waals surface area contributed by atoms with Crippen LogP contribution in [0.3, 0.4) is 0 Å². The normalized spacial score (nSPS) is 22.0. The molecule has 0 atom stereocenters. The highest BCUT2D eigenvalue weighted by atomic mass is 16.5. The molecule has 2 nitrogen and oxygen atoms in total. The molecule has 1 N–H and O–H groups in total. The van der Waals surface area contributed by atoms with Gasteiger partial charge in [0.05, 0.1) is 7.11 Å². The van der Waals surface area contributed by atoms with Gasteiger partial charge in [0.1, 0.15) is 5.76 Å². The Kier molecular flexibility index (Phi) is 3.43. The van der Waals surface area contributed by atoms with E-state index >= 15 is 0 Å². The summed E-state index contributed by atoms with van der Waals surface area (Å²) in [5.74, 6) is 0.876. The molecule has 0 radical (unpaired) electrons. The van der Waals surface area contributed by atoms with Crippen molar-refractivity contribution in [1.29, 1.82) is 0 Å². The third kappa shape index (κ3) is 2.27. The first-order chi connectivity index (χ1) is 10.2. The summed E-state index contributed by atoms with van der Waals surface area (Å²) >= 11 is 0. The van der Waals surface area contributed by atoms with Crippen LogP contribution in [-0.2, 0) is 4.74 Å². The van der Waals surface area contributed by atoms with Gasteiger partial charge in [0.2, 0.25) is 0 Å². The monoisotopic (exact) mass is 295 g/mol. The van der Waals surface area contributed by atoms with Gasteiger partial charge < -0.3 is 10.1 Å². The maximum absolute atomic E-state index is 5.45. The van der Waals surface area contributed by atoms with E-state index in [2.05, 4.69) is 57.8 Å². The Morgan fingerprint density at radius 1 is 1.09 bits per heavy atom. The molecular weight excluding hydrogens is 269 g/mol. The molecule has 116 valence electrons. The summed E-state index contributed by atoms with van der Waals surface area (Å²) in [6, 6.07) is 6.76. The largest absolute Gasteiger partial charge is 0.495 e. The fraction of sp³-hybridized carbons (Fsp3) is 0.474. The van der Waals surface area contributed by atoms with Crippen molar-refractivity contribution in [1.82, 2.24) is 5.32 Å². The van der Waals surface area contributed by atoms with Crippen LogP contribution < -0.4 is 10.8 Å². The van der Waals surface area contributed by atoms with E-state index in [0.717, 1.165) is 17.0 Å². The van der Waals surface area contributed by atoms with Gasteiger partial charge in [-0.25, -0.2) is 0 Å². The standard InChI is InChI=1S/C19H26BNO/c1-13-16-9-14(7-8-15(16)17(22-6)10-21-13)20-11-18(2,3)19(4,5)12-20/h7-10,21H,1,11-12H2,2-6H3. The molecule has 0 aliphatic carbocycles. The second kappa shape index (κ2) is 4.94. The molecule has 0 aromatic heterocycles. The van der Waals surface area contributed by atoms with Crippen LogP contribution in [0.5, 0.6) is 0 Å². The van der Waals surface area contributed by atoms with Crippen molar-refractivity contribution in [3.05, 3.63) is 42.1 Å². The van der Waals surface area contributed by atoms with Crippen LogP contribution in [0.4, 0.5) is 0 Å². The van der Waals surface area contributed by atoms with E-state index in [4.69, 9.17) is 4.74 Å². The zero-order valence-corrected chi connectivity index (χ0v) is 14.4. The lowest BCUT2D eigenvalue weighted by atomic mass is 9.42. The van der Waals surface area contributed by atoms with E-state index in [0.29, 0.717) is 17.5 Å². The summed E-state index contributed by atoms with van der Waals surface area (Å²) in [7, 11) is 1.71. The van der Waals surface area contributed by atoms with Gasteiger partial charge >= 0.3 is 0 Å². The van der Waals surface area contributed by atoms with Gasteiger partial charge in [-0.15, -0.1) is 0 Å². The van der Waals surface area contributed by atoms with E-state index in [1.807, 2.05) is 6.20 Å².